The summed E-state index contributed by atoms with van der Waals surface area (Å²) < 4.78 is 0. The molecule has 3 N–H and O–H groups in total. The molecule has 1 aromatic heterocycles. The Balaban J connectivity index is 2.09. The number of anilines is 3. The highest BCUT2D eigenvalue weighted by atomic mass is 14.9. The number of nitrogens with one attached hydrogen (secondary N) is 1. The SMILES string of the molecule is CCc1ccccc1Nc1ccc(N)c2cccnc12. The second-order valence-electron chi connectivity index (χ2n) is 4.74. The molecule has 0 saturated heterocycles. The molecule has 3 heteroatoms. The second kappa shape index (κ2) is 5.21. The predicted molar refractivity (Wildman–Crippen MR) is 85.3 cm³/mol. The number of hydrogen-bond acceptors (Lipinski definition) is 3. The molecule has 20 heavy (non-hydrogen) atoms. The van der Waals surface area contributed by atoms with E-state index in [1.807, 2.05) is 30.3 Å². The fourth-order valence-electron chi connectivity index (χ4n) is 2.39. The summed E-state index contributed by atoms with van der Waals surface area (Å²) in [6.45, 7) is 2.15. The maximum absolute atomic E-state index is 6.01. The molecule has 0 atom stereocenters. The number of aryl methyl sites for hydroxylation is 1. The van der Waals surface area contributed by atoms with Gasteiger partial charge in [-0.05, 0) is 42.3 Å². The standard InChI is InChI=1S/C17H17N3/c1-2-12-6-3-4-8-15(12)20-16-10-9-14(18)13-7-5-11-19-17(13)16/h3-11,20H,2,18H2,1H3. The Morgan fingerprint density at radius 1 is 1.00 bits per heavy atom. The molecule has 0 unspecified atom stereocenters. The zero-order chi connectivity index (χ0) is 13.9. The van der Waals surface area contributed by atoms with Crippen molar-refractivity contribution in [2.24, 2.45) is 0 Å². The predicted octanol–water partition coefficient (Wildman–Crippen LogP) is 4.12. The lowest BCUT2D eigenvalue weighted by molar-refractivity contribution is 1.14. The average molecular weight is 263 g/mol. The summed E-state index contributed by atoms with van der Waals surface area (Å²) in [5.41, 5.74) is 11.0. The minimum absolute atomic E-state index is 0.752. The van der Waals surface area contributed by atoms with Crippen LogP contribution in [0, 0.1) is 0 Å². The summed E-state index contributed by atoms with van der Waals surface area (Å²) in [5.74, 6) is 0. The first kappa shape index (κ1) is 12.5. The largest absolute Gasteiger partial charge is 0.398 e. The van der Waals surface area contributed by atoms with Gasteiger partial charge in [-0.2, -0.15) is 0 Å². The van der Waals surface area contributed by atoms with Gasteiger partial charge in [0.1, 0.15) is 0 Å². The number of pyridine rings is 1. The van der Waals surface area contributed by atoms with Gasteiger partial charge in [0, 0.05) is 23.0 Å². The van der Waals surface area contributed by atoms with Crippen molar-refractivity contribution in [3.8, 4) is 0 Å². The molecule has 0 amide bonds. The number of aromatic nitrogens is 1. The van der Waals surface area contributed by atoms with E-state index in [1.165, 1.54) is 5.56 Å². The van der Waals surface area contributed by atoms with Gasteiger partial charge in [0.05, 0.1) is 11.2 Å². The third-order valence-electron chi connectivity index (χ3n) is 3.47. The minimum Gasteiger partial charge on any atom is -0.398 e. The molecule has 1 heterocycles. The van der Waals surface area contributed by atoms with Crippen molar-refractivity contribution in [2.75, 3.05) is 11.1 Å². The lowest BCUT2D eigenvalue weighted by atomic mass is 10.1. The summed E-state index contributed by atoms with van der Waals surface area (Å²) in [7, 11) is 0. The monoisotopic (exact) mass is 263 g/mol. The van der Waals surface area contributed by atoms with Gasteiger partial charge in [0.25, 0.3) is 0 Å². The first-order valence-electron chi connectivity index (χ1n) is 6.77. The normalized spacial score (nSPS) is 10.7. The van der Waals surface area contributed by atoms with E-state index in [0.717, 1.165) is 34.4 Å². The van der Waals surface area contributed by atoms with Crippen molar-refractivity contribution < 1.29 is 0 Å². The highest BCUT2D eigenvalue weighted by Crippen LogP contribution is 2.29. The van der Waals surface area contributed by atoms with Crippen molar-refractivity contribution in [1.29, 1.82) is 0 Å². The van der Waals surface area contributed by atoms with Gasteiger partial charge in [-0.15, -0.1) is 0 Å². The van der Waals surface area contributed by atoms with Crippen LogP contribution >= 0.6 is 0 Å². The fraction of sp³-hybridized carbons (Fsp3) is 0.118. The Bertz CT molecular complexity index is 750. The Morgan fingerprint density at radius 2 is 1.85 bits per heavy atom. The fourth-order valence-corrected chi connectivity index (χ4v) is 2.39. The van der Waals surface area contributed by atoms with Gasteiger partial charge in [0.2, 0.25) is 0 Å². The van der Waals surface area contributed by atoms with Gasteiger partial charge in [0.15, 0.2) is 0 Å². The zero-order valence-corrected chi connectivity index (χ0v) is 11.4. The van der Waals surface area contributed by atoms with Gasteiger partial charge in [-0.1, -0.05) is 25.1 Å². The molecule has 0 radical (unpaired) electrons. The number of fused-ring (bicyclic) bond motifs is 1. The van der Waals surface area contributed by atoms with Crippen LogP contribution in [0.3, 0.4) is 0 Å². The van der Waals surface area contributed by atoms with Gasteiger partial charge < -0.3 is 11.1 Å². The van der Waals surface area contributed by atoms with E-state index in [2.05, 4.69) is 35.4 Å². The molecule has 100 valence electrons. The first-order valence-corrected chi connectivity index (χ1v) is 6.77. The minimum atomic E-state index is 0.752. The van der Waals surface area contributed by atoms with Gasteiger partial charge in [-0.25, -0.2) is 0 Å². The van der Waals surface area contributed by atoms with Crippen LogP contribution in [0.1, 0.15) is 12.5 Å². The molecular formula is C17H17N3. The van der Waals surface area contributed by atoms with E-state index in [4.69, 9.17) is 5.73 Å². The van der Waals surface area contributed by atoms with E-state index < -0.39 is 0 Å². The third-order valence-corrected chi connectivity index (χ3v) is 3.47. The molecule has 0 fully saturated rings. The quantitative estimate of drug-likeness (QED) is 0.699. The van der Waals surface area contributed by atoms with E-state index in [9.17, 15) is 0 Å². The molecule has 0 aliphatic rings. The lowest BCUT2D eigenvalue weighted by Crippen LogP contribution is -1.98. The number of nitrogens with zero attached hydrogens (tertiary/aromatic N) is 1. The molecule has 3 aromatic rings. The smallest absolute Gasteiger partial charge is 0.0957 e. The summed E-state index contributed by atoms with van der Waals surface area (Å²) >= 11 is 0. The Morgan fingerprint density at radius 3 is 2.70 bits per heavy atom. The number of para-hydroxylation sites is 1. The Hall–Kier alpha value is -2.55. The topological polar surface area (TPSA) is 50.9 Å². The Kier molecular flexibility index (Phi) is 3.25. The van der Waals surface area contributed by atoms with E-state index in [-0.39, 0.29) is 0 Å². The van der Waals surface area contributed by atoms with Crippen LogP contribution in [0.5, 0.6) is 0 Å². The van der Waals surface area contributed by atoms with Crippen LogP contribution < -0.4 is 11.1 Å². The molecule has 0 saturated carbocycles. The van der Waals surface area contributed by atoms with Crippen molar-refractivity contribution >= 4 is 28.0 Å². The van der Waals surface area contributed by atoms with Crippen molar-refractivity contribution in [3.63, 3.8) is 0 Å². The van der Waals surface area contributed by atoms with Crippen LogP contribution in [-0.2, 0) is 6.42 Å². The molecule has 0 aliphatic heterocycles. The Labute approximate surface area is 118 Å². The summed E-state index contributed by atoms with van der Waals surface area (Å²) in [5, 5.41) is 4.45. The maximum Gasteiger partial charge on any atom is 0.0957 e. The van der Waals surface area contributed by atoms with Gasteiger partial charge in [-0.3, -0.25) is 4.98 Å². The van der Waals surface area contributed by atoms with Crippen LogP contribution in [0.4, 0.5) is 17.1 Å². The number of hydrogen-bond donors (Lipinski definition) is 2. The van der Waals surface area contributed by atoms with Crippen LogP contribution in [0.15, 0.2) is 54.7 Å². The molecule has 3 nitrogen and oxygen atoms in total. The molecular weight excluding hydrogens is 246 g/mol. The molecule has 2 aromatic carbocycles. The molecule has 0 bridgehead atoms. The van der Waals surface area contributed by atoms with E-state index >= 15 is 0 Å². The van der Waals surface area contributed by atoms with Crippen molar-refractivity contribution in [3.05, 3.63) is 60.3 Å². The van der Waals surface area contributed by atoms with Crippen LogP contribution in [-0.4, -0.2) is 4.98 Å². The number of nitrogen functional groups attached to an aromatic ring is 1. The van der Waals surface area contributed by atoms with E-state index in [1.54, 1.807) is 6.20 Å². The zero-order valence-electron chi connectivity index (χ0n) is 11.4. The third kappa shape index (κ3) is 2.18. The van der Waals surface area contributed by atoms with Crippen LogP contribution in [0.2, 0.25) is 0 Å². The number of benzene rings is 2. The molecule has 0 aliphatic carbocycles. The second-order valence-corrected chi connectivity index (χ2v) is 4.74. The van der Waals surface area contributed by atoms with E-state index in [0.29, 0.717) is 0 Å². The number of rotatable bonds is 3. The molecule has 3 rings (SSSR count). The summed E-state index contributed by atoms with van der Waals surface area (Å²) in [6.07, 6.45) is 2.78. The van der Waals surface area contributed by atoms with Gasteiger partial charge >= 0.3 is 0 Å². The average Bonchev–Trinajstić information content (AvgIpc) is 2.51. The summed E-state index contributed by atoms with van der Waals surface area (Å²) in [6, 6.07) is 16.1. The van der Waals surface area contributed by atoms with Crippen LogP contribution in [0.25, 0.3) is 10.9 Å². The number of nitrogens with two attached hydrogens (primary N) is 1. The summed E-state index contributed by atoms with van der Waals surface area (Å²) in [4.78, 5) is 4.45. The lowest BCUT2D eigenvalue weighted by Gasteiger charge is -2.13. The maximum atomic E-state index is 6.01. The highest BCUT2D eigenvalue weighted by Gasteiger charge is 2.06. The highest BCUT2D eigenvalue weighted by molar-refractivity contribution is 5.99. The molecule has 0 spiro atoms. The van der Waals surface area contributed by atoms with Crippen molar-refractivity contribution in [1.82, 2.24) is 4.98 Å². The first-order chi connectivity index (χ1) is 9.79. The van der Waals surface area contributed by atoms with Crippen molar-refractivity contribution in [2.45, 2.75) is 13.3 Å².